The molecule has 0 spiro atoms. The third kappa shape index (κ3) is 3.24. The first-order valence-corrected chi connectivity index (χ1v) is 8.23. The SMILES string of the molecule is COc1ccc(C)cc1C(C#N)C(=O)C(C)(C)S(C)(=O)=O. The van der Waals surface area contributed by atoms with Crippen LogP contribution in [0, 0.1) is 18.3 Å². The number of rotatable bonds is 5. The maximum atomic E-state index is 12.6. The number of benzene rings is 1. The number of methoxy groups -OCH3 is 1. The van der Waals surface area contributed by atoms with E-state index in [2.05, 4.69) is 0 Å². The van der Waals surface area contributed by atoms with Gasteiger partial charge in [-0.3, -0.25) is 4.79 Å². The molecule has 6 heteroatoms. The monoisotopic (exact) mass is 309 g/mol. The van der Waals surface area contributed by atoms with E-state index in [4.69, 9.17) is 4.74 Å². The van der Waals surface area contributed by atoms with Gasteiger partial charge in [0.05, 0.1) is 13.2 Å². The summed E-state index contributed by atoms with van der Waals surface area (Å²) >= 11 is 0. The summed E-state index contributed by atoms with van der Waals surface area (Å²) in [6.07, 6.45) is 0.993. The lowest BCUT2D eigenvalue weighted by Crippen LogP contribution is -2.42. The maximum Gasteiger partial charge on any atom is 0.175 e. The maximum absolute atomic E-state index is 12.6. The number of nitriles is 1. The van der Waals surface area contributed by atoms with Gasteiger partial charge in [0.1, 0.15) is 16.4 Å². The molecule has 0 aliphatic carbocycles. The van der Waals surface area contributed by atoms with Crippen LogP contribution in [0.25, 0.3) is 0 Å². The van der Waals surface area contributed by atoms with Crippen LogP contribution in [0.4, 0.5) is 0 Å². The van der Waals surface area contributed by atoms with E-state index < -0.39 is 26.3 Å². The Bertz CT molecular complexity index is 699. The highest BCUT2D eigenvalue weighted by atomic mass is 32.2. The number of ketones is 1. The van der Waals surface area contributed by atoms with E-state index in [-0.39, 0.29) is 0 Å². The van der Waals surface area contributed by atoms with E-state index in [1.807, 2.05) is 13.0 Å². The van der Waals surface area contributed by atoms with Gasteiger partial charge in [0, 0.05) is 11.8 Å². The summed E-state index contributed by atoms with van der Waals surface area (Å²) in [7, 11) is -2.20. The smallest absolute Gasteiger partial charge is 0.175 e. The summed E-state index contributed by atoms with van der Waals surface area (Å²) in [6, 6.07) is 7.03. The minimum atomic E-state index is -3.64. The number of Topliss-reactive ketones (excluding diaryl/α,β-unsaturated/α-hetero) is 1. The van der Waals surface area contributed by atoms with Crippen molar-refractivity contribution < 1.29 is 17.9 Å². The van der Waals surface area contributed by atoms with Crippen molar-refractivity contribution in [3.63, 3.8) is 0 Å². The Morgan fingerprint density at radius 3 is 2.38 bits per heavy atom. The fourth-order valence-corrected chi connectivity index (χ4v) is 2.36. The van der Waals surface area contributed by atoms with Gasteiger partial charge in [-0.2, -0.15) is 5.26 Å². The van der Waals surface area contributed by atoms with Gasteiger partial charge in [-0.05, 0) is 26.8 Å². The predicted octanol–water partition coefficient (Wildman–Crippen LogP) is 2.00. The second kappa shape index (κ2) is 5.86. The molecule has 0 saturated heterocycles. The Labute approximate surface area is 125 Å². The number of hydrogen-bond acceptors (Lipinski definition) is 5. The van der Waals surface area contributed by atoms with Gasteiger partial charge in [0.25, 0.3) is 0 Å². The third-order valence-corrected chi connectivity index (χ3v) is 5.66. The van der Waals surface area contributed by atoms with E-state index in [9.17, 15) is 18.5 Å². The summed E-state index contributed by atoms with van der Waals surface area (Å²) in [5.74, 6) is -1.45. The lowest BCUT2D eigenvalue weighted by atomic mass is 9.88. The van der Waals surface area contributed by atoms with Gasteiger partial charge >= 0.3 is 0 Å². The van der Waals surface area contributed by atoms with Crippen molar-refractivity contribution in [3.05, 3.63) is 29.3 Å². The molecule has 0 aromatic heterocycles. The standard InChI is InChI=1S/C15H19NO4S/c1-10-6-7-13(20-4)11(8-10)12(9-16)14(17)15(2,3)21(5,18)19/h6-8,12H,1-5H3. The van der Waals surface area contributed by atoms with Crippen LogP contribution in [0.2, 0.25) is 0 Å². The molecule has 0 amide bonds. The zero-order chi connectivity index (χ0) is 16.4. The van der Waals surface area contributed by atoms with E-state index in [1.54, 1.807) is 18.2 Å². The zero-order valence-corrected chi connectivity index (χ0v) is 13.6. The molecule has 21 heavy (non-hydrogen) atoms. The lowest BCUT2D eigenvalue weighted by Gasteiger charge is -2.24. The minimum absolute atomic E-state index is 0.390. The molecule has 1 aromatic carbocycles. The third-order valence-electron chi connectivity index (χ3n) is 3.61. The van der Waals surface area contributed by atoms with E-state index in [0.29, 0.717) is 11.3 Å². The number of aryl methyl sites for hydroxylation is 1. The Morgan fingerprint density at radius 1 is 1.38 bits per heavy atom. The van der Waals surface area contributed by atoms with Crippen LogP contribution in [0.1, 0.15) is 30.9 Å². The van der Waals surface area contributed by atoms with Crippen LogP contribution in [0.15, 0.2) is 18.2 Å². The molecular weight excluding hydrogens is 290 g/mol. The van der Waals surface area contributed by atoms with Gasteiger partial charge in [-0.25, -0.2) is 8.42 Å². The number of nitrogens with zero attached hydrogens (tertiary/aromatic N) is 1. The molecule has 0 radical (unpaired) electrons. The predicted molar refractivity (Wildman–Crippen MR) is 80.0 cm³/mol. The molecule has 0 aliphatic rings. The highest BCUT2D eigenvalue weighted by Gasteiger charge is 2.43. The second-order valence-corrected chi connectivity index (χ2v) is 8.02. The van der Waals surface area contributed by atoms with Crippen molar-refractivity contribution in [3.8, 4) is 11.8 Å². The molecule has 5 nitrogen and oxygen atoms in total. The fraction of sp³-hybridized carbons (Fsp3) is 0.467. The number of carbonyl (C=O) groups excluding carboxylic acids is 1. The average molecular weight is 309 g/mol. The molecule has 1 aromatic rings. The van der Waals surface area contributed by atoms with Gasteiger partial charge in [-0.1, -0.05) is 17.7 Å². The van der Waals surface area contributed by atoms with Gasteiger partial charge < -0.3 is 4.74 Å². The highest BCUT2D eigenvalue weighted by molar-refractivity contribution is 7.92. The topological polar surface area (TPSA) is 84.2 Å². The van der Waals surface area contributed by atoms with Crippen molar-refractivity contribution in [1.82, 2.24) is 0 Å². The van der Waals surface area contributed by atoms with Gasteiger partial charge in [0.2, 0.25) is 0 Å². The number of sulfone groups is 1. The first kappa shape index (κ1) is 17.2. The molecule has 1 rings (SSSR count). The minimum Gasteiger partial charge on any atom is -0.496 e. The molecular formula is C15H19NO4S. The number of carbonyl (C=O) groups is 1. The zero-order valence-electron chi connectivity index (χ0n) is 12.8. The van der Waals surface area contributed by atoms with Crippen molar-refractivity contribution in [1.29, 1.82) is 5.26 Å². The Balaban J connectivity index is 3.44. The van der Waals surface area contributed by atoms with Crippen LogP contribution >= 0.6 is 0 Å². The molecule has 0 aliphatic heterocycles. The van der Waals surface area contributed by atoms with Crippen LogP contribution < -0.4 is 4.74 Å². The molecule has 0 heterocycles. The summed E-state index contributed by atoms with van der Waals surface area (Å²) in [5.41, 5.74) is 1.25. The van der Waals surface area contributed by atoms with Gasteiger partial charge in [0.15, 0.2) is 15.6 Å². The largest absolute Gasteiger partial charge is 0.496 e. The second-order valence-electron chi connectivity index (χ2n) is 5.45. The molecule has 0 bridgehead atoms. The quantitative estimate of drug-likeness (QED) is 0.830. The first-order valence-electron chi connectivity index (χ1n) is 6.34. The Morgan fingerprint density at radius 2 is 1.95 bits per heavy atom. The van der Waals surface area contributed by atoms with Gasteiger partial charge in [-0.15, -0.1) is 0 Å². The van der Waals surface area contributed by atoms with Crippen LogP contribution in [-0.4, -0.2) is 32.3 Å². The summed E-state index contributed by atoms with van der Waals surface area (Å²) < 4.78 is 27.2. The fourth-order valence-electron chi connectivity index (χ4n) is 1.88. The van der Waals surface area contributed by atoms with E-state index in [0.717, 1.165) is 11.8 Å². The lowest BCUT2D eigenvalue weighted by molar-refractivity contribution is -0.121. The van der Waals surface area contributed by atoms with Crippen molar-refractivity contribution >= 4 is 15.6 Å². The number of hydrogen-bond donors (Lipinski definition) is 0. The van der Waals surface area contributed by atoms with Crippen LogP contribution in [0.5, 0.6) is 5.75 Å². The van der Waals surface area contributed by atoms with Crippen molar-refractivity contribution in [2.75, 3.05) is 13.4 Å². The summed E-state index contributed by atoms with van der Waals surface area (Å²) in [4.78, 5) is 12.6. The normalized spacial score (nSPS) is 13.3. The Hall–Kier alpha value is -1.87. The molecule has 0 fully saturated rings. The van der Waals surface area contributed by atoms with E-state index >= 15 is 0 Å². The van der Waals surface area contributed by atoms with Crippen LogP contribution in [0.3, 0.4) is 0 Å². The molecule has 0 saturated carbocycles. The van der Waals surface area contributed by atoms with Crippen LogP contribution in [-0.2, 0) is 14.6 Å². The highest BCUT2D eigenvalue weighted by Crippen LogP contribution is 2.33. The number of ether oxygens (including phenoxy) is 1. The molecule has 0 N–H and O–H groups in total. The average Bonchev–Trinajstić information content (AvgIpc) is 2.38. The summed E-state index contributed by atoms with van der Waals surface area (Å²) in [6.45, 7) is 4.46. The van der Waals surface area contributed by atoms with Crippen molar-refractivity contribution in [2.45, 2.75) is 31.4 Å². The molecule has 114 valence electrons. The van der Waals surface area contributed by atoms with Crippen molar-refractivity contribution in [2.24, 2.45) is 0 Å². The Kier molecular flexibility index (Phi) is 4.79. The molecule has 1 atom stereocenters. The van der Waals surface area contributed by atoms with E-state index in [1.165, 1.54) is 21.0 Å². The summed E-state index contributed by atoms with van der Waals surface area (Å²) in [5, 5.41) is 9.37. The molecule has 1 unspecified atom stereocenters. The first-order chi connectivity index (χ1) is 9.56.